The molecule has 166 valence electrons. The molecule has 0 unspecified atom stereocenters. The average molecular weight is 449 g/mol. The number of ketones is 1. The molecule has 1 amide bonds. The van der Waals surface area contributed by atoms with Gasteiger partial charge in [-0.05, 0) is 24.3 Å². The number of imidazole rings is 1. The topological polar surface area (TPSA) is 113 Å². The van der Waals surface area contributed by atoms with Gasteiger partial charge in [0.05, 0.1) is 12.1 Å². The smallest absolute Gasteiger partial charge is 0.331 e. The number of hydrogen-bond donors (Lipinski definition) is 1. The van der Waals surface area contributed by atoms with E-state index in [-0.39, 0.29) is 40.4 Å². The molecule has 0 fully saturated rings. The van der Waals surface area contributed by atoms with E-state index in [2.05, 4.69) is 16.5 Å². The minimum absolute atomic E-state index is 0.00398. The van der Waals surface area contributed by atoms with Crippen molar-refractivity contribution in [1.29, 1.82) is 0 Å². The summed E-state index contributed by atoms with van der Waals surface area (Å²) in [5, 5.41) is 0. The van der Waals surface area contributed by atoms with E-state index in [0.717, 1.165) is 10.6 Å². The summed E-state index contributed by atoms with van der Waals surface area (Å²) in [5.74, 6) is -3.01. The lowest BCUT2D eigenvalue weighted by Gasteiger charge is -2.08. The summed E-state index contributed by atoms with van der Waals surface area (Å²) in [4.78, 5) is 46.7. The van der Waals surface area contributed by atoms with Crippen LogP contribution in [0.15, 0.2) is 66.0 Å². The number of carbonyl (C=O) groups is 2. The van der Waals surface area contributed by atoms with E-state index in [1.54, 1.807) is 0 Å². The number of fused-ring (bicyclic) bond motifs is 1. The van der Waals surface area contributed by atoms with Crippen LogP contribution in [0.25, 0.3) is 22.6 Å². The summed E-state index contributed by atoms with van der Waals surface area (Å²) < 4.78 is 30.0. The first-order valence-corrected chi connectivity index (χ1v) is 9.77. The Labute approximate surface area is 185 Å². The number of aromatic nitrogens is 4. The number of rotatable bonds is 7. The van der Waals surface area contributed by atoms with Crippen LogP contribution in [0.3, 0.4) is 0 Å². The fourth-order valence-electron chi connectivity index (χ4n) is 3.50. The van der Waals surface area contributed by atoms with E-state index in [1.807, 2.05) is 0 Å². The number of Topliss-reactive ketones (excluding diaryl/α,β-unsaturated/α-hetero) is 1. The van der Waals surface area contributed by atoms with Crippen molar-refractivity contribution in [3.8, 4) is 11.4 Å². The van der Waals surface area contributed by atoms with Gasteiger partial charge in [0.15, 0.2) is 22.9 Å². The summed E-state index contributed by atoms with van der Waals surface area (Å²) in [6, 6.07) is 10.7. The third-order valence-corrected chi connectivity index (χ3v) is 4.96. The lowest BCUT2D eigenvalue weighted by Crippen LogP contribution is -2.28. The van der Waals surface area contributed by atoms with Crippen molar-refractivity contribution < 1.29 is 18.4 Å². The summed E-state index contributed by atoms with van der Waals surface area (Å²) in [6.07, 6.45) is 1.43. The lowest BCUT2D eigenvalue weighted by atomic mass is 10.1. The molecule has 0 aliphatic carbocycles. The molecule has 2 N–H and O–H groups in total. The van der Waals surface area contributed by atoms with Gasteiger partial charge in [0.1, 0.15) is 17.2 Å². The number of allylic oxidation sites excluding steroid dienone is 1. The van der Waals surface area contributed by atoms with Gasteiger partial charge in [-0.25, -0.2) is 23.5 Å². The zero-order chi connectivity index (χ0) is 23.7. The number of hydrogen-bond acceptors (Lipinski definition) is 5. The number of nitrogens with two attached hydrogens (primary N) is 1. The molecule has 2 aromatic carbocycles. The van der Waals surface area contributed by atoms with Gasteiger partial charge in [0, 0.05) is 12.1 Å². The second-order valence-electron chi connectivity index (χ2n) is 7.11. The van der Waals surface area contributed by atoms with E-state index in [0.29, 0.717) is 0 Å². The molecule has 0 aliphatic heterocycles. The van der Waals surface area contributed by atoms with Crippen molar-refractivity contribution in [2.45, 2.75) is 13.1 Å². The largest absolute Gasteiger partial charge is 0.364 e. The first-order chi connectivity index (χ1) is 15.8. The maximum absolute atomic E-state index is 14.1. The number of primary amides is 1. The molecule has 4 aromatic rings. The zero-order valence-electron chi connectivity index (χ0n) is 17.2. The van der Waals surface area contributed by atoms with Crippen LogP contribution in [0.2, 0.25) is 0 Å². The van der Waals surface area contributed by atoms with E-state index in [4.69, 9.17) is 5.73 Å². The SMILES string of the molecule is C=CCn1c(=O)n(CC(=O)c2ccccc2F)c2c(C(N)=O)nc(-c3cccc(F)c3)nc21. The maximum atomic E-state index is 14.1. The molecule has 10 heteroatoms. The van der Waals surface area contributed by atoms with Crippen LogP contribution in [-0.4, -0.2) is 30.8 Å². The van der Waals surface area contributed by atoms with Gasteiger partial charge in [0.25, 0.3) is 5.91 Å². The highest BCUT2D eigenvalue weighted by atomic mass is 19.1. The Morgan fingerprint density at radius 3 is 2.48 bits per heavy atom. The number of nitrogens with zero attached hydrogens (tertiary/aromatic N) is 4. The number of benzene rings is 2. The zero-order valence-corrected chi connectivity index (χ0v) is 17.2. The van der Waals surface area contributed by atoms with Crippen LogP contribution in [0.4, 0.5) is 8.78 Å². The number of halogens is 2. The first-order valence-electron chi connectivity index (χ1n) is 9.77. The highest BCUT2D eigenvalue weighted by Crippen LogP contribution is 2.23. The predicted molar refractivity (Wildman–Crippen MR) is 117 cm³/mol. The Morgan fingerprint density at radius 2 is 1.82 bits per heavy atom. The number of amides is 1. The first kappa shape index (κ1) is 21.8. The van der Waals surface area contributed by atoms with Crippen LogP contribution in [0.5, 0.6) is 0 Å². The second kappa shape index (κ2) is 8.58. The molecule has 0 saturated heterocycles. The molecule has 0 radical (unpaired) electrons. The van der Waals surface area contributed by atoms with Crippen molar-refractivity contribution in [3.63, 3.8) is 0 Å². The third kappa shape index (κ3) is 3.93. The Hall–Kier alpha value is -4.47. The average Bonchev–Trinajstić information content (AvgIpc) is 3.04. The summed E-state index contributed by atoms with van der Waals surface area (Å²) in [7, 11) is 0. The molecule has 2 aromatic heterocycles. The van der Waals surface area contributed by atoms with Gasteiger partial charge in [0.2, 0.25) is 0 Å². The minimum Gasteiger partial charge on any atom is -0.364 e. The Morgan fingerprint density at radius 1 is 1.06 bits per heavy atom. The van der Waals surface area contributed by atoms with Crippen LogP contribution < -0.4 is 11.4 Å². The normalized spacial score (nSPS) is 11.0. The summed E-state index contributed by atoms with van der Waals surface area (Å²) in [5.41, 5.74) is 4.47. The van der Waals surface area contributed by atoms with Gasteiger partial charge >= 0.3 is 5.69 Å². The Kier molecular flexibility index (Phi) is 5.65. The highest BCUT2D eigenvalue weighted by molar-refractivity contribution is 6.03. The molecule has 8 nitrogen and oxygen atoms in total. The van der Waals surface area contributed by atoms with Crippen LogP contribution in [-0.2, 0) is 13.1 Å². The molecule has 2 heterocycles. The van der Waals surface area contributed by atoms with E-state index < -0.39 is 35.6 Å². The monoisotopic (exact) mass is 449 g/mol. The van der Waals surface area contributed by atoms with Crippen molar-refractivity contribution >= 4 is 22.9 Å². The molecule has 0 bridgehead atoms. The molecular formula is C23H17F2N5O3. The fraction of sp³-hybridized carbons (Fsp3) is 0.0870. The lowest BCUT2D eigenvalue weighted by molar-refractivity contribution is 0.0962. The Bertz CT molecular complexity index is 1490. The van der Waals surface area contributed by atoms with Gasteiger partial charge in [-0.15, -0.1) is 6.58 Å². The minimum atomic E-state index is -0.983. The predicted octanol–water partition coefficient (Wildman–Crippen LogP) is 2.71. The van der Waals surface area contributed by atoms with Crippen molar-refractivity contribution in [1.82, 2.24) is 19.1 Å². The standard InChI is InChI=1S/C23H17F2N5O3/c1-2-10-29-22-19(30(23(29)33)12-17(31)15-8-3-4-9-16(15)25)18(20(26)32)27-21(28-22)13-6-5-7-14(24)11-13/h2-9,11H,1,10,12H2,(H2,26,32). The summed E-state index contributed by atoms with van der Waals surface area (Å²) in [6.45, 7) is 3.03. The summed E-state index contributed by atoms with van der Waals surface area (Å²) >= 11 is 0. The quantitative estimate of drug-likeness (QED) is 0.344. The molecule has 0 atom stereocenters. The van der Waals surface area contributed by atoms with E-state index >= 15 is 0 Å². The van der Waals surface area contributed by atoms with Crippen LogP contribution >= 0.6 is 0 Å². The molecule has 4 rings (SSSR count). The van der Waals surface area contributed by atoms with Crippen LogP contribution in [0.1, 0.15) is 20.8 Å². The van der Waals surface area contributed by atoms with Crippen LogP contribution in [0, 0.1) is 11.6 Å². The highest BCUT2D eigenvalue weighted by Gasteiger charge is 2.25. The fourth-order valence-corrected chi connectivity index (χ4v) is 3.50. The molecule has 0 saturated carbocycles. The van der Waals surface area contributed by atoms with Crippen molar-refractivity contribution in [2.75, 3.05) is 0 Å². The maximum Gasteiger partial charge on any atom is 0.331 e. The molecule has 0 spiro atoms. The van der Waals surface area contributed by atoms with Gasteiger partial charge in [-0.1, -0.05) is 30.3 Å². The van der Waals surface area contributed by atoms with E-state index in [1.165, 1.54) is 53.1 Å². The van der Waals surface area contributed by atoms with Gasteiger partial charge in [-0.2, -0.15) is 0 Å². The van der Waals surface area contributed by atoms with E-state index in [9.17, 15) is 23.2 Å². The molecule has 0 aliphatic rings. The van der Waals surface area contributed by atoms with Crippen molar-refractivity contribution in [2.24, 2.45) is 5.73 Å². The molecule has 33 heavy (non-hydrogen) atoms. The third-order valence-electron chi connectivity index (χ3n) is 4.96. The van der Waals surface area contributed by atoms with Crippen molar-refractivity contribution in [3.05, 3.63) is 94.6 Å². The Balaban J connectivity index is 1.98. The number of carbonyl (C=O) groups excluding carboxylic acids is 2. The van der Waals surface area contributed by atoms with Gasteiger partial charge < -0.3 is 5.73 Å². The van der Waals surface area contributed by atoms with Gasteiger partial charge in [-0.3, -0.25) is 18.7 Å². The molecular weight excluding hydrogens is 432 g/mol. The second-order valence-corrected chi connectivity index (χ2v) is 7.11.